The average molecular weight is 1810 g/mol. The van der Waals surface area contributed by atoms with Crippen molar-refractivity contribution in [2.75, 3.05) is 65.5 Å². The smallest absolute Gasteiger partial charge is 0.245 e. The lowest BCUT2D eigenvalue weighted by molar-refractivity contribution is -0.142. The van der Waals surface area contributed by atoms with Gasteiger partial charge < -0.3 is 102 Å². The summed E-state index contributed by atoms with van der Waals surface area (Å²) in [5.74, 6) is -7.58. The lowest BCUT2D eigenvalue weighted by Gasteiger charge is -2.31. The van der Waals surface area contributed by atoms with E-state index in [4.69, 9.17) is 28.8 Å². The number of carbonyl (C=O) groups is 12. The van der Waals surface area contributed by atoms with Crippen molar-refractivity contribution in [3.05, 3.63) is 173 Å². The van der Waals surface area contributed by atoms with Gasteiger partial charge in [-0.25, -0.2) is 10.2 Å². The zero-order valence-electron chi connectivity index (χ0n) is 74.3. The van der Waals surface area contributed by atoms with Crippen molar-refractivity contribution in [2.24, 2.45) is 11.7 Å². The minimum Gasteiger partial charge on any atom is -0.394 e. The lowest BCUT2D eigenvalue weighted by atomic mass is 9.99. The Morgan fingerprint density at radius 1 is 0.485 bits per heavy atom. The number of hydrogen-bond acceptors (Lipinski definition) is 24. The Labute approximate surface area is 760 Å². The fourth-order valence-electron chi connectivity index (χ4n) is 14.9. The van der Waals surface area contributed by atoms with Crippen molar-refractivity contribution < 1.29 is 62.6 Å². The highest BCUT2D eigenvalue weighted by atomic mass is 35.5. The van der Waals surface area contributed by atoms with Crippen LogP contribution in [0.1, 0.15) is 159 Å². The molecule has 130 heavy (non-hydrogen) atoms. The monoisotopic (exact) mass is 1810 g/mol. The zero-order valence-corrected chi connectivity index (χ0v) is 75.1. The highest BCUT2D eigenvalue weighted by Crippen LogP contribution is 2.24. The van der Waals surface area contributed by atoms with Crippen molar-refractivity contribution >= 4 is 128 Å². The second kappa shape index (κ2) is 51.7. The Morgan fingerprint density at radius 2 is 0.931 bits per heavy atom. The van der Waals surface area contributed by atoms with Crippen molar-refractivity contribution in [3.8, 4) is 0 Å². The Morgan fingerprint density at radius 3 is 1.40 bits per heavy atom. The second-order valence-electron chi connectivity index (χ2n) is 33.3. The number of aliphatic hydroxyl groups excluding tert-OH is 1. The number of nitrogens with one attached hydrogen (secondary N) is 16. The number of likely N-dealkylation sites (tertiary alicyclic amines) is 1. The van der Waals surface area contributed by atoms with E-state index < -0.39 is 126 Å². The number of fused-ring (bicyclic) bond motifs is 1. The van der Waals surface area contributed by atoms with E-state index in [0.29, 0.717) is 140 Å². The molecule has 8 aromatic rings. The molecule has 0 aliphatic carbocycles. The van der Waals surface area contributed by atoms with E-state index in [1.807, 2.05) is 70.2 Å². The number of halogens is 1. The highest BCUT2D eigenvalue weighted by Gasteiger charge is 2.40. The molecule has 10 atom stereocenters. The third-order valence-corrected chi connectivity index (χ3v) is 21.8. The van der Waals surface area contributed by atoms with E-state index >= 15 is 28.8 Å². The number of H-pyrrole nitrogens is 2. The summed E-state index contributed by atoms with van der Waals surface area (Å²) < 4.78 is 0. The number of benzene rings is 5. The molecular weight excluding hydrogens is 1690 g/mol. The molecule has 1 aliphatic rings. The molecule has 0 unspecified atom stereocenters. The van der Waals surface area contributed by atoms with Gasteiger partial charge in [-0.3, -0.25) is 62.5 Å². The minimum absolute atomic E-state index is 0.0187. The topological polar surface area (TPSA) is 571 Å². The number of amides is 12. The van der Waals surface area contributed by atoms with Crippen LogP contribution in [0, 0.1) is 5.92 Å². The van der Waals surface area contributed by atoms with Crippen LogP contribution in [0.3, 0.4) is 0 Å². The largest absolute Gasteiger partial charge is 0.394 e. The predicted molar refractivity (Wildman–Crippen MR) is 495 cm³/mol. The van der Waals surface area contributed by atoms with Gasteiger partial charge in [-0.05, 0) is 165 Å². The number of pyridine rings is 1. The van der Waals surface area contributed by atoms with Crippen molar-refractivity contribution in [3.63, 3.8) is 0 Å². The van der Waals surface area contributed by atoms with Gasteiger partial charge >= 0.3 is 0 Å². The van der Waals surface area contributed by atoms with Gasteiger partial charge in [0.25, 0.3) is 0 Å². The Bertz CT molecular complexity index is 5040. The normalized spacial score (nSPS) is 14.5. The number of hydrogen-bond donors (Lipinski definition) is 20. The van der Waals surface area contributed by atoms with Crippen LogP contribution in [-0.2, 0) is 89.6 Å². The van der Waals surface area contributed by atoms with Gasteiger partial charge in [0.15, 0.2) is 0 Å². The first-order valence-electron chi connectivity index (χ1n) is 44.2. The third kappa shape index (κ3) is 34.1. The molecule has 0 radical (unpaired) electrons. The predicted octanol–water partition coefficient (Wildman–Crippen LogP) is 4.54. The summed E-state index contributed by atoms with van der Waals surface area (Å²) in [6, 6.07) is 23.3. The number of carbonyl (C=O) groups excluding carboxylic acids is 12. The van der Waals surface area contributed by atoms with Crippen molar-refractivity contribution in [1.82, 2.24) is 93.4 Å². The summed E-state index contributed by atoms with van der Waals surface area (Å²) in [5.41, 5.74) is 20.6. The average Bonchev–Trinajstić information content (AvgIpc) is 0.879. The van der Waals surface area contributed by atoms with Gasteiger partial charge in [-0.1, -0.05) is 137 Å². The molecule has 1 saturated heterocycles. The summed E-state index contributed by atoms with van der Waals surface area (Å²) in [5, 5.41) is 66.8. The van der Waals surface area contributed by atoms with Gasteiger partial charge in [-0.15, -0.1) is 10.2 Å². The molecule has 1 fully saturated rings. The van der Waals surface area contributed by atoms with Gasteiger partial charge in [0.1, 0.15) is 54.4 Å². The van der Waals surface area contributed by atoms with E-state index in [-0.39, 0.29) is 100 Å². The van der Waals surface area contributed by atoms with Crippen LogP contribution in [0.15, 0.2) is 140 Å². The van der Waals surface area contributed by atoms with E-state index in [0.717, 1.165) is 10.8 Å². The number of aromatic nitrogens is 7. The van der Waals surface area contributed by atoms with E-state index in [9.17, 15) is 33.9 Å². The Balaban J connectivity index is 0.999. The molecular formula is C91H124ClN25O13. The summed E-state index contributed by atoms with van der Waals surface area (Å²) in [7, 11) is 0. The second-order valence-corrected chi connectivity index (χ2v) is 33.8. The molecule has 0 saturated carbocycles. The van der Waals surface area contributed by atoms with Gasteiger partial charge in [0, 0.05) is 106 Å². The summed E-state index contributed by atoms with van der Waals surface area (Å²) in [6.45, 7) is 11.4. The number of unbranched alkanes of at least 4 members (excludes halogenated alkanes) is 5. The quantitative estimate of drug-likeness (QED) is 0.0184. The Hall–Kier alpha value is -13.2. The molecule has 39 heteroatoms. The molecule has 4 heterocycles. The fourth-order valence-corrected chi connectivity index (χ4v) is 15.0. The first-order valence-corrected chi connectivity index (χ1v) is 44.6. The fraction of sp³-hybridized carbons (Fsp3) is 0.462. The van der Waals surface area contributed by atoms with Gasteiger partial charge in [0.05, 0.1) is 12.8 Å². The standard InChI is InChI=1S/C91H124ClN25O13/c1-54(2)45-69(79(122)104-68(22-13-16-41-97-55(3)4)87(130)117-44-18-23-76(117)86(129)100-56(5)93)105-81(124)72(48-59-29-36-66(37-30-59)102-77(120)24-9-7-14-42-98-90-111-88(94)113-115-90)107-83(126)73(49-60-31-38-67(39-32-60)103-78(121)25-10-8-15-43-99-91-112-89(95)114-116-91)109-85(128)75(53-118)110-84(127)74(51-62-19-17-40-96-52-62)108-82(125)71(47-58-27-34-65(92)35-28-58)106-80(123)70(101-57(6)119)50-61-26-33-63-20-11-12-21-64(63)46-61/h11-12,17,19-21,26-40,46,52,54-56,68-76,97,118H,7-10,13-16,18,22-25,41-45,47-51,53,93H2,1-6H3,(H,100,129)(H,101,119)(H,102,120)(H,103,121)(H,104,122)(H,105,124)(H,106,123)(H,107,126)(H,108,125)(H,109,128)(H,110,127)(H4,94,98,111,113,115)(H4,95,99,112,114,116)/t56-,68+,69+,70-,71-,72-,73+,74-,75+,76+/m1/s1. The van der Waals surface area contributed by atoms with Gasteiger partial charge in [-0.2, -0.15) is 9.97 Å². The molecule has 12 amide bonds. The van der Waals surface area contributed by atoms with Crippen molar-refractivity contribution in [1.29, 1.82) is 0 Å². The number of aliphatic hydroxyl groups is 1. The molecule has 38 nitrogen and oxygen atoms in total. The summed E-state index contributed by atoms with van der Waals surface area (Å²) >= 11 is 6.31. The zero-order chi connectivity index (χ0) is 93.6. The van der Waals surface area contributed by atoms with Crippen LogP contribution in [0.2, 0.25) is 5.02 Å². The van der Waals surface area contributed by atoms with Crippen LogP contribution in [-0.4, -0.2) is 216 Å². The SMILES string of the molecule is CC(=O)N[C@H](Cc1ccc2ccccc2c1)C(=O)N[C@H](Cc1ccc(Cl)cc1)C(=O)N[C@H](Cc1cccnc1)C(=O)N[C@@H](CO)C(=O)N[C@@H](Cc1ccc(NC(=O)CCCCCNc2n[nH]c(N)n2)cc1)C(=O)N[C@H](Cc1ccc(NC(=O)CCCCCNc2n[nH]c(N)n2)cc1)C(=O)N[C@@H](CC(C)C)C(=O)N[C@@H](CCCCNC(C)C)C(=O)N1CCC[C@H]1C(=O)N[C@H](C)N. The molecule has 698 valence electrons. The number of nitrogens with two attached hydrogens (primary N) is 3. The number of anilines is 6. The van der Waals surface area contributed by atoms with E-state index in [2.05, 4.69) is 110 Å². The van der Waals surface area contributed by atoms with Crippen molar-refractivity contribution in [2.45, 2.75) is 230 Å². The maximum absolute atomic E-state index is 15.7. The number of nitrogen functional groups attached to an aromatic ring is 2. The molecule has 1 aliphatic heterocycles. The first kappa shape index (κ1) is 101. The molecule has 0 spiro atoms. The number of nitrogens with zero attached hydrogens (tertiary/aromatic N) is 6. The lowest BCUT2D eigenvalue weighted by Crippen LogP contribution is -2.62. The van der Waals surface area contributed by atoms with E-state index in [1.165, 1.54) is 24.2 Å². The molecule has 5 aromatic carbocycles. The molecule has 3 aromatic heterocycles. The molecule has 9 rings (SSSR count). The van der Waals surface area contributed by atoms with Crippen LogP contribution in [0.5, 0.6) is 0 Å². The summed E-state index contributed by atoms with van der Waals surface area (Å²) in [4.78, 5) is 188. The molecule has 0 bridgehead atoms. The Kier molecular flexibility index (Phi) is 40.0. The maximum Gasteiger partial charge on any atom is 0.245 e. The third-order valence-electron chi connectivity index (χ3n) is 21.5. The van der Waals surface area contributed by atoms with E-state index in [1.54, 1.807) is 91.9 Å². The minimum atomic E-state index is -1.88. The molecule has 23 N–H and O–H groups in total. The highest BCUT2D eigenvalue weighted by molar-refractivity contribution is 6.30. The number of aromatic amines is 2. The summed E-state index contributed by atoms with van der Waals surface area (Å²) in [6.07, 6.45) is 7.63. The van der Waals surface area contributed by atoms with Gasteiger partial charge in [0.2, 0.25) is 94.7 Å². The maximum atomic E-state index is 15.7. The first-order chi connectivity index (χ1) is 62.4. The van der Waals surface area contributed by atoms with Crippen LogP contribution in [0.25, 0.3) is 10.8 Å². The van der Waals surface area contributed by atoms with Crippen LogP contribution >= 0.6 is 11.6 Å². The number of rotatable bonds is 53. The van der Waals surface area contributed by atoms with Crippen LogP contribution < -0.4 is 91.6 Å². The van der Waals surface area contributed by atoms with Crippen LogP contribution in [0.4, 0.5) is 35.2 Å².